The van der Waals surface area contributed by atoms with Crippen LogP contribution in [0.25, 0.3) is 11.6 Å². The fraction of sp³-hybridized carbons (Fsp3) is 0.125. The van der Waals surface area contributed by atoms with Crippen molar-refractivity contribution in [1.29, 1.82) is 5.26 Å². The molecule has 0 aliphatic heterocycles. The van der Waals surface area contributed by atoms with Crippen LogP contribution in [-0.2, 0) is 6.61 Å². The van der Waals surface area contributed by atoms with Crippen molar-refractivity contribution in [2.45, 2.75) is 13.5 Å². The number of rotatable bonds is 7. The summed E-state index contributed by atoms with van der Waals surface area (Å²) in [5.41, 5.74) is 3.42. The smallest absolute Gasteiger partial charge is 0.175 e. The minimum atomic E-state index is 0.445. The first-order valence-corrected chi connectivity index (χ1v) is 11.0. The summed E-state index contributed by atoms with van der Waals surface area (Å²) >= 11 is 5.85. The number of hydrogen-bond acceptors (Lipinski definition) is 3. The maximum absolute atomic E-state index is 9.63. The molecule has 0 spiro atoms. The van der Waals surface area contributed by atoms with Crippen LogP contribution in [0.1, 0.15) is 23.6 Å². The monoisotopic (exact) mass is 559 g/mol. The van der Waals surface area contributed by atoms with Crippen LogP contribution in [0.5, 0.6) is 11.5 Å². The normalized spacial score (nSPS) is 11.0. The Morgan fingerprint density at radius 3 is 2.45 bits per heavy atom. The van der Waals surface area contributed by atoms with Crippen molar-refractivity contribution in [1.82, 2.24) is 0 Å². The summed E-state index contributed by atoms with van der Waals surface area (Å²) in [7, 11) is 0. The molecular formula is C24H19BrINO2. The van der Waals surface area contributed by atoms with Crippen molar-refractivity contribution in [3.63, 3.8) is 0 Å². The Morgan fingerprint density at radius 2 is 1.79 bits per heavy atom. The molecule has 3 aromatic carbocycles. The molecule has 0 saturated carbocycles. The van der Waals surface area contributed by atoms with Crippen LogP contribution in [0.4, 0.5) is 0 Å². The third-order valence-corrected chi connectivity index (χ3v) is 5.45. The molecule has 29 heavy (non-hydrogen) atoms. The van der Waals surface area contributed by atoms with E-state index < -0.39 is 0 Å². The van der Waals surface area contributed by atoms with E-state index in [-0.39, 0.29) is 0 Å². The summed E-state index contributed by atoms with van der Waals surface area (Å²) in [6.45, 7) is 2.90. The lowest BCUT2D eigenvalue weighted by molar-refractivity contribution is 0.267. The fourth-order valence-corrected chi connectivity index (χ4v) is 3.71. The molecule has 0 aliphatic rings. The summed E-state index contributed by atoms with van der Waals surface area (Å²) in [4.78, 5) is 0. The molecule has 0 aromatic heterocycles. The zero-order valence-electron chi connectivity index (χ0n) is 15.9. The highest BCUT2D eigenvalue weighted by Gasteiger charge is 2.13. The Hall–Kier alpha value is -2.30. The molecule has 3 aromatic rings. The van der Waals surface area contributed by atoms with E-state index in [9.17, 15) is 5.26 Å². The van der Waals surface area contributed by atoms with Crippen LogP contribution in [0.3, 0.4) is 0 Å². The molecule has 0 heterocycles. The molecule has 0 bridgehead atoms. The van der Waals surface area contributed by atoms with Crippen LogP contribution < -0.4 is 9.47 Å². The number of halogens is 2. The SMILES string of the molecule is CCOc1cc(/C=C(/C#N)c2ccc(I)cc2)cc(Br)c1OCc1ccccc1. The molecule has 3 nitrogen and oxygen atoms in total. The van der Waals surface area contributed by atoms with E-state index in [2.05, 4.69) is 44.6 Å². The van der Waals surface area contributed by atoms with Crippen LogP contribution in [0, 0.1) is 14.9 Å². The molecule has 146 valence electrons. The molecule has 0 saturated heterocycles. The van der Waals surface area contributed by atoms with Gasteiger partial charge in [-0.15, -0.1) is 0 Å². The van der Waals surface area contributed by atoms with E-state index >= 15 is 0 Å². The lowest BCUT2D eigenvalue weighted by Crippen LogP contribution is -2.01. The average Bonchev–Trinajstić information content (AvgIpc) is 2.73. The highest BCUT2D eigenvalue weighted by Crippen LogP contribution is 2.38. The van der Waals surface area contributed by atoms with Crippen molar-refractivity contribution in [2.75, 3.05) is 6.61 Å². The number of ether oxygens (including phenoxy) is 2. The van der Waals surface area contributed by atoms with E-state index in [1.165, 1.54) is 0 Å². The van der Waals surface area contributed by atoms with E-state index in [1.54, 1.807) is 0 Å². The number of nitrogens with zero attached hydrogens (tertiary/aromatic N) is 1. The lowest BCUT2D eigenvalue weighted by Gasteiger charge is -2.15. The second kappa shape index (κ2) is 10.5. The van der Waals surface area contributed by atoms with Gasteiger partial charge >= 0.3 is 0 Å². The number of benzene rings is 3. The third kappa shape index (κ3) is 5.84. The molecule has 0 radical (unpaired) electrons. The molecule has 0 N–H and O–H groups in total. The molecule has 3 rings (SSSR count). The Morgan fingerprint density at radius 1 is 1.07 bits per heavy atom. The fourth-order valence-electron chi connectivity index (χ4n) is 2.78. The van der Waals surface area contributed by atoms with E-state index in [1.807, 2.05) is 79.7 Å². The van der Waals surface area contributed by atoms with Gasteiger partial charge in [0.05, 0.1) is 22.7 Å². The highest BCUT2D eigenvalue weighted by atomic mass is 127. The lowest BCUT2D eigenvalue weighted by atomic mass is 10.0. The number of hydrogen-bond donors (Lipinski definition) is 0. The minimum Gasteiger partial charge on any atom is -0.490 e. The summed E-state index contributed by atoms with van der Waals surface area (Å²) in [5.74, 6) is 1.30. The van der Waals surface area contributed by atoms with Gasteiger partial charge in [0, 0.05) is 3.57 Å². The Bertz CT molecular complexity index is 1040. The second-order valence-corrected chi connectivity index (χ2v) is 8.31. The first kappa shape index (κ1) is 21.4. The predicted molar refractivity (Wildman–Crippen MR) is 129 cm³/mol. The Balaban J connectivity index is 1.92. The Labute approximate surface area is 193 Å². The predicted octanol–water partition coefficient (Wildman–Crippen LogP) is 7.10. The maximum Gasteiger partial charge on any atom is 0.175 e. The van der Waals surface area contributed by atoms with Crippen molar-refractivity contribution in [3.8, 4) is 17.6 Å². The molecule has 0 amide bonds. The van der Waals surface area contributed by atoms with Gasteiger partial charge in [-0.05, 0) is 92.5 Å². The van der Waals surface area contributed by atoms with Crippen LogP contribution >= 0.6 is 38.5 Å². The quantitative estimate of drug-likeness (QED) is 0.176. The van der Waals surface area contributed by atoms with Gasteiger partial charge in [0.2, 0.25) is 0 Å². The molecule has 0 atom stereocenters. The van der Waals surface area contributed by atoms with Gasteiger partial charge in [-0.25, -0.2) is 0 Å². The zero-order chi connectivity index (χ0) is 20.6. The third-order valence-electron chi connectivity index (χ3n) is 4.14. The molecule has 0 unspecified atom stereocenters. The van der Waals surface area contributed by atoms with Gasteiger partial charge in [0.25, 0.3) is 0 Å². The van der Waals surface area contributed by atoms with Gasteiger partial charge in [-0.2, -0.15) is 5.26 Å². The van der Waals surface area contributed by atoms with Gasteiger partial charge in [0.1, 0.15) is 6.61 Å². The van der Waals surface area contributed by atoms with Crippen molar-refractivity contribution in [2.24, 2.45) is 0 Å². The van der Waals surface area contributed by atoms with Gasteiger partial charge in [0.15, 0.2) is 11.5 Å². The summed E-state index contributed by atoms with van der Waals surface area (Å²) in [6.07, 6.45) is 1.86. The van der Waals surface area contributed by atoms with Crippen molar-refractivity contribution >= 4 is 50.2 Å². The highest BCUT2D eigenvalue weighted by molar-refractivity contribution is 14.1. The maximum atomic E-state index is 9.63. The number of nitriles is 1. The summed E-state index contributed by atoms with van der Waals surface area (Å²) in [6, 6.07) is 24.0. The van der Waals surface area contributed by atoms with E-state index in [0.29, 0.717) is 30.3 Å². The molecular weight excluding hydrogens is 541 g/mol. The van der Waals surface area contributed by atoms with Gasteiger partial charge in [-0.3, -0.25) is 0 Å². The molecule has 0 fully saturated rings. The summed E-state index contributed by atoms with van der Waals surface area (Å²) in [5, 5.41) is 9.63. The van der Waals surface area contributed by atoms with Gasteiger partial charge < -0.3 is 9.47 Å². The first-order valence-electron chi connectivity index (χ1n) is 9.11. The van der Waals surface area contributed by atoms with Gasteiger partial charge in [-0.1, -0.05) is 42.5 Å². The van der Waals surface area contributed by atoms with Crippen molar-refractivity contribution < 1.29 is 9.47 Å². The van der Waals surface area contributed by atoms with Crippen molar-refractivity contribution in [3.05, 3.63) is 91.5 Å². The number of allylic oxidation sites excluding steroid dienone is 1. The molecule has 0 aliphatic carbocycles. The second-order valence-electron chi connectivity index (χ2n) is 6.21. The standard InChI is InChI=1S/C24H19BrINO2/c1-2-28-23-14-18(12-20(15-27)19-8-10-21(26)11-9-19)13-22(25)24(23)29-16-17-6-4-3-5-7-17/h3-14H,2,16H2,1H3/b20-12-. The van der Waals surface area contributed by atoms with Crippen LogP contribution in [0.2, 0.25) is 0 Å². The first-order chi connectivity index (χ1) is 14.1. The van der Waals surface area contributed by atoms with Crippen LogP contribution in [-0.4, -0.2) is 6.61 Å². The van der Waals surface area contributed by atoms with E-state index in [0.717, 1.165) is 24.7 Å². The zero-order valence-corrected chi connectivity index (χ0v) is 19.6. The largest absolute Gasteiger partial charge is 0.490 e. The molecule has 5 heteroatoms. The topological polar surface area (TPSA) is 42.2 Å². The summed E-state index contributed by atoms with van der Waals surface area (Å²) < 4.78 is 13.8. The van der Waals surface area contributed by atoms with E-state index in [4.69, 9.17) is 9.47 Å². The average molecular weight is 560 g/mol. The Kier molecular flexibility index (Phi) is 7.73. The van der Waals surface area contributed by atoms with Crippen LogP contribution in [0.15, 0.2) is 71.2 Å². The minimum absolute atomic E-state index is 0.445.